The van der Waals surface area contributed by atoms with Crippen LogP contribution in [-0.2, 0) is 10.9 Å². The molecule has 0 radical (unpaired) electrons. The third-order valence-electron chi connectivity index (χ3n) is 1.96. The van der Waals surface area contributed by atoms with E-state index in [1.165, 1.54) is 0 Å². The van der Waals surface area contributed by atoms with Crippen LogP contribution in [-0.4, -0.2) is 24.0 Å². The van der Waals surface area contributed by atoms with Crippen molar-refractivity contribution < 1.29 is 22.7 Å². The first-order valence-electron chi connectivity index (χ1n) is 5.09. The average Bonchev–Trinajstić information content (AvgIpc) is 2.28. The number of aromatic nitrogens is 1. The quantitative estimate of drug-likeness (QED) is 0.593. The van der Waals surface area contributed by atoms with Gasteiger partial charge in [0.05, 0.1) is 5.56 Å². The van der Waals surface area contributed by atoms with Crippen LogP contribution in [0.4, 0.5) is 13.2 Å². The molecule has 0 amide bonds. The maximum absolute atomic E-state index is 12.2. The molecule has 0 fully saturated rings. The molecular formula is C11H12F3NO2. The van der Waals surface area contributed by atoms with Gasteiger partial charge in [-0.1, -0.05) is 6.92 Å². The molecular weight excluding hydrogens is 235 g/mol. The number of hydrogen-bond donors (Lipinski definition) is 0. The molecule has 0 saturated carbocycles. The number of ether oxygens (including phenoxy) is 1. The lowest BCUT2D eigenvalue weighted by molar-refractivity contribution is -0.137. The molecule has 94 valence electrons. The summed E-state index contributed by atoms with van der Waals surface area (Å²) in [4.78, 5) is 14.9. The van der Waals surface area contributed by atoms with Gasteiger partial charge in [-0.3, -0.25) is 9.78 Å². The molecule has 1 aromatic rings. The molecule has 1 heterocycles. The third kappa shape index (κ3) is 4.14. The zero-order chi connectivity index (χ0) is 12.9. The first-order chi connectivity index (χ1) is 7.95. The molecule has 0 N–H and O–H groups in total. The van der Waals surface area contributed by atoms with E-state index in [9.17, 15) is 18.0 Å². The summed E-state index contributed by atoms with van der Waals surface area (Å²) in [6.07, 6.45) is -3.02. The molecule has 0 atom stereocenters. The fourth-order valence-electron chi connectivity index (χ4n) is 1.11. The number of pyridine rings is 1. The lowest BCUT2D eigenvalue weighted by Gasteiger charge is -2.06. The Hall–Kier alpha value is -1.43. The molecule has 0 saturated heterocycles. The summed E-state index contributed by atoms with van der Waals surface area (Å²) >= 11 is 0. The summed E-state index contributed by atoms with van der Waals surface area (Å²) in [7, 11) is 0. The van der Waals surface area contributed by atoms with E-state index in [1.807, 2.05) is 6.92 Å². The smallest absolute Gasteiger partial charge is 0.373 e. The average molecular weight is 247 g/mol. The molecule has 0 aliphatic rings. The minimum absolute atomic E-state index is 0.0193. The third-order valence-corrected chi connectivity index (χ3v) is 1.96. The summed E-state index contributed by atoms with van der Waals surface area (Å²) in [5.74, 6) is -0.424. The van der Waals surface area contributed by atoms with Crippen LogP contribution in [0.1, 0.15) is 29.4 Å². The molecule has 6 heteroatoms. The van der Waals surface area contributed by atoms with Crippen molar-refractivity contribution in [3.05, 3.63) is 29.6 Å². The molecule has 3 nitrogen and oxygen atoms in total. The molecule has 0 aliphatic heterocycles. The zero-order valence-corrected chi connectivity index (χ0v) is 9.25. The van der Waals surface area contributed by atoms with Gasteiger partial charge in [-0.25, -0.2) is 0 Å². The summed E-state index contributed by atoms with van der Waals surface area (Å²) in [6.45, 7) is 2.17. The Morgan fingerprint density at radius 3 is 2.59 bits per heavy atom. The number of nitrogens with zero attached hydrogens (tertiary/aromatic N) is 1. The first kappa shape index (κ1) is 13.6. The minimum atomic E-state index is -4.44. The Morgan fingerprint density at radius 2 is 2.12 bits per heavy atom. The van der Waals surface area contributed by atoms with Crippen LogP contribution >= 0.6 is 0 Å². The second-order valence-electron chi connectivity index (χ2n) is 3.41. The van der Waals surface area contributed by atoms with Gasteiger partial charge in [0.25, 0.3) is 0 Å². The Kier molecular flexibility index (Phi) is 4.62. The van der Waals surface area contributed by atoms with Crippen molar-refractivity contribution in [2.45, 2.75) is 19.5 Å². The number of carbonyl (C=O) groups excluding carboxylic acids is 1. The Morgan fingerprint density at radius 1 is 1.41 bits per heavy atom. The second-order valence-corrected chi connectivity index (χ2v) is 3.41. The molecule has 0 unspecified atom stereocenters. The maximum atomic E-state index is 12.2. The highest BCUT2D eigenvalue weighted by Gasteiger charge is 2.30. The summed E-state index contributed by atoms with van der Waals surface area (Å²) < 4.78 is 41.6. The van der Waals surface area contributed by atoms with Crippen LogP contribution in [0.15, 0.2) is 18.3 Å². The molecule has 0 bridgehead atoms. The predicted octanol–water partition coefficient (Wildman–Crippen LogP) is 2.71. The second kappa shape index (κ2) is 5.77. The van der Waals surface area contributed by atoms with Crippen molar-refractivity contribution in [3.8, 4) is 0 Å². The van der Waals surface area contributed by atoms with Crippen LogP contribution in [0.3, 0.4) is 0 Å². The number of alkyl halides is 3. The van der Waals surface area contributed by atoms with Gasteiger partial charge in [-0.05, 0) is 18.6 Å². The fraction of sp³-hybridized carbons (Fsp3) is 0.455. The van der Waals surface area contributed by atoms with E-state index in [4.69, 9.17) is 4.74 Å². The molecule has 1 rings (SSSR count). The van der Waals surface area contributed by atoms with Gasteiger partial charge in [0, 0.05) is 12.8 Å². The largest absolute Gasteiger partial charge is 0.417 e. The van der Waals surface area contributed by atoms with E-state index in [0.717, 1.165) is 18.6 Å². The Bertz CT molecular complexity index is 373. The lowest BCUT2D eigenvalue weighted by atomic mass is 10.2. The summed E-state index contributed by atoms with van der Waals surface area (Å²) in [5, 5.41) is 0. The van der Waals surface area contributed by atoms with E-state index in [0.29, 0.717) is 12.8 Å². The van der Waals surface area contributed by atoms with Crippen molar-refractivity contribution in [3.63, 3.8) is 0 Å². The topological polar surface area (TPSA) is 39.2 Å². The van der Waals surface area contributed by atoms with Crippen LogP contribution in [0.25, 0.3) is 0 Å². The minimum Gasteiger partial charge on any atom is -0.373 e. The van der Waals surface area contributed by atoms with Crippen LogP contribution in [0, 0.1) is 0 Å². The number of rotatable bonds is 5. The number of carbonyl (C=O) groups is 1. The highest BCUT2D eigenvalue weighted by Crippen LogP contribution is 2.28. The van der Waals surface area contributed by atoms with E-state index in [1.54, 1.807) is 0 Å². The van der Waals surface area contributed by atoms with Crippen molar-refractivity contribution in [2.24, 2.45) is 0 Å². The normalized spacial score (nSPS) is 11.5. The summed E-state index contributed by atoms with van der Waals surface area (Å²) in [6, 6.07) is 1.89. The van der Waals surface area contributed by atoms with Gasteiger partial charge in [0.1, 0.15) is 12.3 Å². The van der Waals surface area contributed by atoms with E-state index < -0.39 is 17.5 Å². The van der Waals surface area contributed by atoms with E-state index in [-0.39, 0.29) is 12.3 Å². The van der Waals surface area contributed by atoms with Crippen molar-refractivity contribution in [1.82, 2.24) is 4.98 Å². The summed E-state index contributed by atoms with van der Waals surface area (Å²) in [5.41, 5.74) is -0.891. The van der Waals surface area contributed by atoms with Gasteiger partial charge < -0.3 is 4.74 Å². The molecule has 1 aromatic heterocycles. The zero-order valence-electron chi connectivity index (χ0n) is 9.25. The predicted molar refractivity (Wildman–Crippen MR) is 54.7 cm³/mol. The monoisotopic (exact) mass is 247 g/mol. The van der Waals surface area contributed by atoms with Crippen LogP contribution in [0.2, 0.25) is 0 Å². The first-order valence-corrected chi connectivity index (χ1v) is 5.09. The number of hydrogen-bond acceptors (Lipinski definition) is 3. The SMILES string of the molecule is CCCOCC(=O)c1ccc(C(F)(F)F)cn1. The number of halogens is 3. The molecule has 0 spiro atoms. The van der Waals surface area contributed by atoms with Crippen molar-refractivity contribution in [1.29, 1.82) is 0 Å². The van der Waals surface area contributed by atoms with E-state index in [2.05, 4.69) is 4.98 Å². The van der Waals surface area contributed by atoms with Crippen molar-refractivity contribution in [2.75, 3.05) is 13.2 Å². The van der Waals surface area contributed by atoms with Gasteiger partial charge in [0.2, 0.25) is 5.78 Å². The van der Waals surface area contributed by atoms with Gasteiger partial charge in [-0.2, -0.15) is 13.2 Å². The number of ketones is 1. The molecule has 0 aliphatic carbocycles. The van der Waals surface area contributed by atoms with Gasteiger partial charge in [0.15, 0.2) is 0 Å². The number of Topliss-reactive ketones (excluding diaryl/α,β-unsaturated/α-hetero) is 1. The van der Waals surface area contributed by atoms with Crippen LogP contribution in [0.5, 0.6) is 0 Å². The highest BCUT2D eigenvalue weighted by atomic mass is 19.4. The molecule has 0 aromatic carbocycles. The molecule has 17 heavy (non-hydrogen) atoms. The van der Waals surface area contributed by atoms with Crippen LogP contribution < -0.4 is 0 Å². The van der Waals surface area contributed by atoms with Crippen molar-refractivity contribution >= 4 is 5.78 Å². The Balaban J connectivity index is 2.64. The van der Waals surface area contributed by atoms with Gasteiger partial charge >= 0.3 is 6.18 Å². The lowest BCUT2D eigenvalue weighted by Crippen LogP contribution is -2.13. The highest BCUT2D eigenvalue weighted by molar-refractivity contribution is 5.95. The Labute approximate surface area is 96.6 Å². The van der Waals surface area contributed by atoms with E-state index >= 15 is 0 Å². The maximum Gasteiger partial charge on any atom is 0.417 e. The van der Waals surface area contributed by atoms with Gasteiger partial charge in [-0.15, -0.1) is 0 Å². The standard InChI is InChI=1S/C11H12F3NO2/c1-2-5-17-7-10(16)9-4-3-8(6-15-9)11(12,13)14/h3-4,6H,2,5,7H2,1H3. The fourth-order valence-corrected chi connectivity index (χ4v) is 1.11.